The summed E-state index contributed by atoms with van der Waals surface area (Å²) in [5, 5.41) is 2.88. The fraction of sp³-hybridized carbons (Fsp3) is 0.235. The zero-order valence-electron chi connectivity index (χ0n) is 12.9. The normalized spacial score (nSPS) is 10.3. The molecule has 1 amide bonds. The van der Waals surface area contributed by atoms with Gasteiger partial charge in [0.15, 0.2) is 11.5 Å². The maximum absolute atomic E-state index is 12.4. The molecule has 0 bridgehead atoms. The van der Waals surface area contributed by atoms with E-state index in [1.54, 1.807) is 19.2 Å². The van der Waals surface area contributed by atoms with E-state index in [2.05, 4.69) is 43.8 Å². The molecule has 2 aromatic carbocycles. The Balaban J connectivity index is 2.25. The molecule has 2 rings (SSSR count). The van der Waals surface area contributed by atoms with E-state index in [4.69, 9.17) is 9.47 Å². The zero-order valence-corrected chi connectivity index (χ0v) is 16.6. The SMILES string of the molecule is CCCOc1c(Br)cc(C(=O)Nc2cccc(I)c2)cc1OC. The van der Waals surface area contributed by atoms with Crippen molar-refractivity contribution in [2.24, 2.45) is 0 Å². The minimum atomic E-state index is -0.201. The van der Waals surface area contributed by atoms with Crippen molar-refractivity contribution in [1.82, 2.24) is 0 Å². The van der Waals surface area contributed by atoms with Gasteiger partial charge in [0.2, 0.25) is 0 Å². The Hall–Kier alpha value is -1.28. The van der Waals surface area contributed by atoms with Crippen LogP contribution in [-0.4, -0.2) is 19.6 Å². The Labute approximate surface area is 157 Å². The van der Waals surface area contributed by atoms with Crippen molar-refractivity contribution in [1.29, 1.82) is 0 Å². The van der Waals surface area contributed by atoms with Gasteiger partial charge in [-0.3, -0.25) is 4.79 Å². The van der Waals surface area contributed by atoms with E-state index in [1.807, 2.05) is 31.2 Å². The largest absolute Gasteiger partial charge is 0.493 e. The van der Waals surface area contributed by atoms with Gasteiger partial charge in [0.1, 0.15) is 0 Å². The molecule has 0 saturated heterocycles. The molecule has 0 aromatic heterocycles. The van der Waals surface area contributed by atoms with Gasteiger partial charge in [0, 0.05) is 14.8 Å². The number of ether oxygens (including phenoxy) is 2. The van der Waals surface area contributed by atoms with Crippen LogP contribution in [-0.2, 0) is 0 Å². The van der Waals surface area contributed by atoms with Gasteiger partial charge in [0.25, 0.3) is 5.91 Å². The van der Waals surface area contributed by atoms with Crippen LogP contribution in [0.5, 0.6) is 11.5 Å². The fourth-order valence-electron chi connectivity index (χ4n) is 1.96. The first-order chi connectivity index (χ1) is 11.0. The van der Waals surface area contributed by atoms with Crippen LogP contribution in [0.15, 0.2) is 40.9 Å². The summed E-state index contributed by atoms with van der Waals surface area (Å²) in [6.45, 7) is 2.62. The average molecular weight is 490 g/mol. The molecular formula is C17H17BrINO3. The number of hydrogen-bond acceptors (Lipinski definition) is 3. The summed E-state index contributed by atoms with van der Waals surface area (Å²) in [5.41, 5.74) is 1.25. The molecule has 0 saturated carbocycles. The van der Waals surface area contributed by atoms with Gasteiger partial charge in [-0.15, -0.1) is 0 Å². The van der Waals surface area contributed by atoms with Crippen LogP contribution in [0.3, 0.4) is 0 Å². The first kappa shape index (κ1) is 18.1. The van der Waals surface area contributed by atoms with Crippen LogP contribution >= 0.6 is 38.5 Å². The Kier molecular flexibility index (Phi) is 6.71. The second kappa shape index (κ2) is 8.54. The molecule has 0 atom stereocenters. The number of anilines is 1. The number of nitrogens with one attached hydrogen (secondary N) is 1. The molecule has 0 aliphatic rings. The van der Waals surface area contributed by atoms with Crippen molar-refractivity contribution in [2.45, 2.75) is 13.3 Å². The summed E-state index contributed by atoms with van der Waals surface area (Å²) in [6.07, 6.45) is 0.893. The number of hydrogen-bond donors (Lipinski definition) is 1. The van der Waals surface area contributed by atoms with E-state index in [0.717, 1.165) is 15.7 Å². The number of carbonyl (C=O) groups is 1. The molecule has 122 valence electrons. The number of amides is 1. The van der Waals surface area contributed by atoms with Gasteiger partial charge in [-0.25, -0.2) is 0 Å². The van der Waals surface area contributed by atoms with Crippen LogP contribution < -0.4 is 14.8 Å². The predicted molar refractivity (Wildman–Crippen MR) is 104 cm³/mol. The fourth-order valence-corrected chi connectivity index (χ4v) is 3.06. The maximum atomic E-state index is 12.4. The molecule has 0 aliphatic carbocycles. The third-order valence-electron chi connectivity index (χ3n) is 3.02. The maximum Gasteiger partial charge on any atom is 0.255 e. The molecule has 0 spiro atoms. The molecule has 2 aromatic rings. The molecule has 1 N–H and O–H groups in total. The number of methoxy groups -OCH3 is 1. The Bertz CT molecular complexity index is 706. The summed E-state index contributed by atoms with van der Waals surface area (Å²) in [7, 11) is 1.56. The standard InChI is InChI=1S/C17H17BrINO3/c1-3-7-23-16-14(18)8-11(9-15(16)22-2)17(21)20-13-6-4-5-12(19)10-13/h4-6,8-10H,3,7H2,1-2H3,(H,20,21). The summed E-state index contributed by atoms with van der Waals surface area (Å²) in [6, 6.07) is 11.0. The Morgan fingerprint density at radius 1 is 1.30 bits per heavy atom. The second-order valence-electron chi connectivity index (χ2n) is 4.80. The van der Waals surface area contributed by atoms with Gasteiger partial charge in [-0.05, 0) is 75.3 Å². The van der Waals surface area contributed by atoms with Crippen LogP contribution in [0, 0.1) is 3.57 Å². The topological polar surface area (TPSA) is 47.6 Å². The first-order valence-electron chi connectivity index (χ1n) is 7.12. The van der Waals surface area contributed by atoms with Crippen molar-refractivity contribution in [3.63, 3.8) is 0 Å². The van der Waals surface area contributed by atoms with Crippen LogP contribution in [0.2, 0.25) is 0 Å². The molecule has 0 radical (unpaired) electrons. The Morgan fingerprint density at radius 2 is 2.09 bits per heavy atom. The highest BCUT2D eigenvalue weighted by Crippen LogP contribution is 2.37. The van der Waals surface area contributed by atoms with Crippen molar-refractivity contribution >= 4 is 50.1 Å². The number of benzene rings is 2. The van der Waals surface area contributed by atoms with Crippen LogP contribution in [0.4, 0.5) is 5.69 Å². The molecule has 23 heavy (non-hydrogen) atoms. The highest BCUT2D eigenvalue weighted by molar-refractivity contribution is 14.1. The smallest absolute Gasteiger partial charge is 0.255 e. The lowest BCUT2D eigenvalue weighted by Crippen LogP contribution is -2.12. The van der Waals surface area contributed by atoms with E-state index in [1.165, 1.54) is 0 Å². The number of carbonyl (C=O) groups excluding carboxylic acids is 1. The molecule has 0 fully saturated rings. The second-order valence-corrected chi connectivity index (χ2v) is 6.90. The lowest BCUT2D eigenvalue weighted by atomic mass is 10.1. The van der Waals surface area contributed by atoms with Crippen molar-refractivity contribution in [2.75, 3.05) is 19.0 Å². The third-order valence-corrected chi connectivity index (χ3v) is 4.28. The molecule has 4 nitrogen and oxygen atoms in total. The highest BCUT2D eigenvalue weighted by Gasteiger charge is 2.15. The molecule has 0 heterocycles. The lowest BCUT2D eigenvalue weighted by Gasteiger charge is -2.14. The van der Waals surface area contributed by atoms with E-state index in [9.17, 15) is 4.79 Å². The monoisotopic (exact) mass is 489 g/mol. The third kappa shape index (κ3) is 4.84. The quantitative estimate of drug-likeness (QED) is 0.574. The van der Waals surface area contributed by atoms with Crippen molar-refractivity contribution in [3.05, 3.63) is 50.0 Å². The van der Waals surface area contributed by atoms with Gasteiger partial charge < -0.3 is 14.8 Å². The lowest BCUT2D eigenvalue weighted by molar-refractivity contribution is 0.102. The average Bonchev–Trinajstić information content (AvgIpc) is 2.53. The summed E-state index contributed by atoms with van der Waals surface area (Å²) in [5.74, 6) is 0.939. The Morgan fingerprint density at radius 3 is 2.74 bits per heavy atom. The van der Waals surface area contributed by atoms with Crippen LogP contribution in [0.1, 0.15) is 23.7 Å². The van der Waals surface area contributed by atoms with Gasteiger partial charge >= 0.3 is 0 Å². The van der Waals surface area contributed by atoms with Gasteiger partial charge in [-0.1, -0.05) is 13.0 Å². The number of halogens is 2. The van der Waals surface area contributed by atoms with Crippen molar-refractivity contribution < 1.29 is 14.3 Å². The summed E-state index contributed by atoms with van der Waals surface area (Å²) >= 11 is 5.65. The first-order valence-corrected chi connectivity index (χ1v) is 8.99. The van der Waals surface area contributed by atoms with Crippen molar-refractivity contribution in [3.8, 4) is 11.5 Å². The van der Waals surface area contributed by atoms with E-state index in [0.29, 0.717) is 28.1 Å². The molecular weight excluding hydrogens is 473 g/mol. The van der Waals surface area contributed by atoms with E-state index < -0.39 is 0 Å². The van der Waals surface area contributed by atoms with E-state index in [-0.39, 0.29) is 5.91 Å². The van der Waals surface area contributed by atoms with Crippen LogP contribution in [0.25, 0.3) is 0 Å². The molecule has 0 aliphatic heterocycles. The summed E-state index contributed by atoms with van der Waals surface area (Å²) in [4.78, 5) is 12.4. The summed E-state index contributed by atoms with van der Waals surface area (Å²) < 4.78 is 12.8. The van der Waals surface area contributed by atoms with Gasteiger partial charge in [-0.2, -0.15) is 0 Å². The number of rotatable bonds is 6. The molecule has 0 unspecified atom stereocenters. The predicted octanol–water partition coefficient (Wildman–Crippen LogP) is 5.10. The molecule has 6 heteroatoms. The highest BCUT2D eigenvalue weighted by atomic mass is 127. The minimum absolute atomic E-state index is 0.201. The van der Waals surface area contributed by atoms with E-state index >= 15 is 0 Å². The zero-order chi connectivity index (χ0) is 16.8. The van der Waals surface area contributed by atoms with Gasteiger partial charge in [0.05, 0.1) is 18.2 Å². The minimum Gasteiger partial charge on any atom is -0.493 e.